The van der Waals surface area contributed by atoms with Crippen LogP contribution in [0.2, 0.25) is 0 Å². The molecule has 1 rings (SSSR count). The number of aryl methyl sites for hydroxylation is 1. The summed E-state index contributed by atoms with van der Waals surface area (Å²) in [4.78, 5) is 11.3. The van der Waals surface area contributed by atoms with Crippen LogP contribution in [0.3, 0.4) is 0 Å². The zero-order valence-electron chi connectivity index (χ0n) is 11.0. The van der Waals surface area contributed by atoms with Gasteiger partial charge in [0.25, 0.3) is 0 Å². The van der Waals surface area contributed by atoms with Gasteiger partial charge in [-0.2, -0.15) is 4.98 Å². The first-order valence-corrected chi connectivity index (χ1v) is 6.96. The zero-order valence-corrected chi connectivity index (χ0v) is 12.6. The van der Waals surface area contributed by atoms with Crippen LogP contribution in [-0.2, 0) is 6.42 Å². The van der Waals surface area contributed by atoms with E-state index in [1.165, 1.54) is 0 Å². The fourth-order valence-electron chi connectivity index (χ4n) is 1.70. The monoisotopic (exact) mass is 300 g/mol. The molecule has 0 unspecified atom stereocenters. The number of aromatic nitrogens is 2. The predicted molar refractivity (Wildman–Crippen MR) is 76.8 cm³/mol. The molecule has 0 aliphatic carbocycles. The molecule has 0 atom stereocenters. The highest BCUT2D eigenvalue weighted by atomic mass is 79.9. The average molecular weight is 301 g/mol. The van der Waals surface area contributed by atoms with Gasteiger partial charge in [0.05, 0.1) is 10.2 Å². The van der Waals surface area contributed by atoms with E-state index >= 15 is 0 Å². The lowest BCUT2D eigenvalue weighted by atomic mass is 10.2. The number of anilines is 2. The molecule has 0 aromatic carbocycles. The fraction of sp³-hybridized carbons (Fsp3) is 0.667. The van der Waals surface area contributed by atoms with E-state index in [2.05, 4.69) is 56.9 Å². The summed E-state index contributed by atoms with van der Waals surface area (Å²) in [6.07, 6.45) is 2.04. The average Bonchev–Trinajstić information content (AvgIpc) is 2.34. The molecule has 0 aliphatic rings. The molecule has 0 radical (unpaired) electrons. The summed E-state index contributed by atoms with van der Waals surface area (Å²) >= 11 is 3.56. The Balaban J connectivity index is 3.18. The van der Waals surface area contributed by atoms with Crippen LogP contribution in [-0.4, -0.2) is 30.1 Å². The second-order valence-electron chi connectivity index (χ2n) is 3.81. The molecule has 0 amide bonds. The maximum atomic E-state index is 4.64. The largest absolute Gasteiger partial charge is 0.372 e. The van der Waals surface area contributed by atoms with Gasteiger partial charge in [-0.25, -0.2) is 4.98 Å². The number of halogens is 1. The lowest BCUT2D eigenvalue weighted by molar-refractivity contribution is 0.795. The molecule has 96 valence electrons. The summed E-state index contributed by atoms with van der Waals surface area (Å²) < 4.78 is 0.984. The van der Waals surface area contributed by atoms with E-state index in [1.54, 1.807) is 0 Å². The van der Waals surface area contributed by atoms with Gasteiger partial charge in [-0.15, -0.1) is 0 Å². The summed E-state index contributed by atoms with van der Waals surface area (Å²) in [6, 6.07) is 0. The van der Waals surface area contributed by atoms with E-state index in [0.29, 0.717) is 0 Å². The molecule has 4 nitrogen and oxygen atoms in total. The summed E-state index contributed by atoms with van der Waals surface area (Å²) in [5, 5.41) is 3.11. The smallest absolute Gasteiger partial charge is 0.227 e. The van der Waals surface area contributed by atoms with Gasteiger partial charge in [0.1, 0.15) is 5.82 Å². The van der Waals surface area contributed by atoms with Gasteiger partial charge < -0.3 is 10.2 Å². The summed E-state index contributed by atoms with van der Waals surface area (Å²) in [6.45, 7) is 8.24. The molecule has 0 bridgehead atoms. The van der Waals surface area contributed by atoms with Crippen molar-refractivity contribution in [1.29, 1.82) is 0 Å². The van der Waals surface area contributed by atoms with Crippen LogP contribution in [0.4, 0.5) is 11.8 Å². The molecule has 0 saturated heterocycles. The highest BCUT2D eigenvalue weighted by Crippen LogP contribution is 2.26. The maximum absolute atomic E-state index is 4.64. The molecule has 1 aromatic rings. The first-order chi connectivity index (χ1) is 8.17. The van der Waals surface area contributed by atoms with Gasteiger partial charge in [0.15, 0.2) is 0 Å². The third kappa shape index (κ3) is 3.31. The Kier molecular flexibility index (Phi) is 5.68. The Labute approximate surface area is 112 Å². The Hall–Kier alpha value is -0.840. The molecule has 0 spiro atoms. The quantitative estimate of drug-likeness (QED) is 0.876. The molecule has 0 fully saturated rings. The van der Waals surface area contributed by atoms with Crippen molar-refractivity contribution in [3.05, 3.63) is 10.2 Å². The van der Waals surface area contributed by atoms with Gasteiger partial charge in [-0.3, -0.25) is 0 Å². The Bertz CT molecular complexity index is 364. The van der Waals surface area contributed by atoms with Crippen molar-refractivity contribution in [3.8, 4) is 0 Å². The van der Waals surface area contributed by atoms with Crippen molar-refractivity contribution in [1.82, 2.24) is 9.97 Å². The predicted octanol–water partition coefficient (Wildman–Crippen LogP) is 3.08. The number of hydrogen-bond acceptors (Lipinski definition) is 4. The van der Waals surface area contributed by atoms with Crippen LogP contribution in [0.15, 0.2) is 4.47 Å². The lowest BCUT2D eigenvalue weighted by Crippen LogP contribution is -2.25. The molecule has 1 N–H and O–H groups in total. The Morgan fingerprint density at radius 1 is 1.18 bits per heavy atom. The van der Waals surface area contributed by atoms with Gasteiger partial charge >= 0.3 is 0 Å². The zero-order chi connectivity index (χ0) is 12.8. The molecule has 0 saturated carbocycles. The topological polar surface area (TPSA) is 41.1 Å². The molecule has 5 heteroatoms. The SMILES string of the molecule is CCCc1nc(N(CC)CC)nc(NC)c1Br. The Morgan fingerprint density at radius 3 is 2.29 bits per heavy atom. The number of hydrogen-bond donors (Lipinski definition) is 1. The van der Waals surface area contributed by atoms with Crippen molar-refractivity contribution in [2.45, 2.75) is 33.6 Å². The first-order valence-electron chi connectivity index (χ1n) is 6.16. The third-order valence-electron chi connectivity index (χ3n) is 2.68. The van der Waals surface area contributed by atoms with Crippen molar-refractivity contribution in [3.63, 3.8) is 0 Å². The van der Waals surface area contributed by atoms with E-state index < -0.39 is 0 Å². The number of rotatable bonds is 6. The molecular formula is C12H21BrN4. The van der Waals surface area contributed by atoms with Gasteiger partial charge in [0, 0.05) is 20.1 Å². The highest BCUT2D eigenvalue weighted by Gasteiger charge is 2.13. The van der Waals surface area contributed by atoms with E-state index in [0.717, 1.165) is 47.9 Å². The molecule has 0 aliphatic heterocycles. The number of nitrogens with zero attached hydrogens (tertiary/aromatic N) is 3. The number of nitrogens with one attached hydrogen (secondary N) is 1. The third-order valence-corrected chi connectivity index (χ3v) is 3.51. The molecule has 17 heavy (non-hydrogen) atoms. The maximum Gasteiger partial charge on any atom is 0.227 e. The van der Waals surface area contributed by atoms with Crippen molar-refractivity contribution >= 4 is 27.7 Å². The van der Waals surface area contributed by atoms with Gasteiger partial charge in [-0.1, -0.05) is 13.3 Å². The van der Waals surface area contributed by atoms with E-state index in [-0.39, 0.29) is 0 Å². The van der Waals surface area contributed by atoms with Crippen LogP contribution in [0.5, 0.6) is 0 Å². The van der Waals surface area contributed by atoms with Crippen LogP contribution >= 0.6 is 15.9 Å². The summed E-state index contributed by atoms with van der Waals surface area (Å²) in [5.41, 5.74) is 1.08. The van der Waals surface area contributed by atoms with Crippen LogP contribution in [0.1, 0.15) is 32.9 Å². The minimum Gasteiger partial charge on any atom is -0.372 e. The highest BCUT2D eigenvalue weighted by molar-refractivity contribution is 9.10. The minimum atomic E-state index is 0.811. The summed E-state index contributed by atoms with van der Waals surface area (Å²) in [7, 11) is 1.88. The van der Waals surface area contributed by atoms with E-state index in [1.807, 2.05) is 7.05 Å². The lowest BCUT2D eigenvalue weighted by Gasteiger charge is -2.20. The second kappa shape index (κ2) is 6.79. The minimum absolute atomic E-state index is 0.811. The van der Waals surface area contributed by atoms with Gasteiger partial charge in [0.2, 0.25) is 5.95 Å². The van der Waals surface area contributed by atoms with E-state index in [4.69, 9.17) is 0 Å². The van der Waals surface area contributed by atoms with Crippen LogP contribution < -0.4 is 10.2 Å². The van der Waals surface area contributed by atoms with Crippen LogP contribution in [0, 0.1) is 0 Å². The molecular weight excluding hydrogens is 280 g/mol. The van der Waals surface area contributed by atoms with Crippen molar-refractivity contribution in [2.24, 2.45) is 0 Å². The second-order valence-corrected chi connectivity index (χ2v) is 4.60. The van der Waals surface area contributed by atoms with Crippen molar-refractivity contribution < 1.29 is 0 Å². The first kappa shape index (κ1) is 14.2. The van der Waals surface area contributed by atoms with Crippen LogP contribution in [0.25, 0.3) is 0 Å². The standard InChI is InChI=1S/C12H21BrN4/c1-5-8-9-10(13)11(14-4)16-12(15-9)17(6-2)7-3/h5-8H2,1-4H3,(H,14,15,16). The fourth-order valence-corrected chi connectivity index (χ4v) is 2.27. The summed E-state index contributed by atoms with van der Waals surface area (Å²) in [5.74, 6) is 1.68. The van der Waals surface area contributed by atoms with Gasteiger partial charge in [-0.05, 0) is 36.2 Å². The molecule has 1 aromatic heterocycles. The van der Waals surface area contributed by atoms with E-state index in [9.17, 15) is 0 Å². The Morgan fingerprint density at radius 2 is 1.82 bits per heavy atom. The normalized spacial score (nSPS) is 10.4. The molecule has 1 heterocycles. The van der Waals surface area contributed by atoms with Crippen molar-refractivity contribution in [2.75, 3.05) is 30.4 Å².